The van der Waals surface area contributed by atoms with Crippen LogP contribution < -0.4 is 0 Å². The Morgan fingerprint density at radius 3 is 2.19 bits per heavy atom. The van der Waals surface area contributed by atoms with Crippen molar-refractivity contribution in [2.45, 2.75) is 38.8 Å². The van der Waals surface area contributed by atoms with Gasteiger partial charge in [-0.2, -0.15) is 13.2 Å². The van der Waals surface area contributed by atoms with E-state index in [0.29, 0.717) is 12.8 Å². The van der Waals surface area contributed by atoms with E-state index >= 15 is 0 Å². The number of carbonyl (C=O) groups is 2. The van der Waals surface area contributed by atoms with Crippen LogP contribution in [-0.4, -0.2) is 23.6 Å². The Morgan fingerprint density at radius 1 is 1.25 bits per heavy atom. The minimum atomic E-state index is -5.16. The van der Waals surface area contributed by atoms with Gasteiger partial charge in [0.05, 0.1) is 5.57 Å². The van der Waals surface area contributed by atoms with E-state index in [-0.39, 0.29) is 6.42 Å². The van der Waals surface area contributed by atoms with E-state index in [2.05, 4.69) is 0 Å². The zero-order chi connectivity index (χ0) is 12.8. The second kappa shape index (κ2) is 6.23. The van der Waals surface area contributed by atoms with Gasteiger partial charge in [-0.15, -0.1) is 0 Å². The first kappa shape index (κ1) is 14.6. The zero-order valence-electron chi connectivity index (χ0n) is 8.73. The first-order chi connectivity index (χ1) is 7.34. The summed E-state index contributed by atoms with van der Waals surface area (Å²) in [6.07, 6.45) is -3.51. The molecule has 0 bridgehead atoms. The Kier molecular flexibility index (Phi) is 5.67. The molecular weight excluding hydrogens is 223 g/mol. The molecule has 3 nitrogen and oxygen atoms in total. The molecule has 0 saturated heterocycles. The fraction of sp³-hybridized carbons (Fsp3) is 0.600. The van der Waals surface area contributed by atoms with E-state index in [9.17, 15) is 22.8 Å². The molecule has 6 heteroatoms. The van der Waals surface area contributed by atoms with Gasteiger partial charge in [-0.05, 0) is 6.42 Å². The summed E-state index contributed by atoms with van der Waals surface area (Å²) in [4.78, 5) is 21.8. The molecule has 0 radical (unpaired) electrons. The van der Waals surface area contributed by atoms with Gasteiger partial charge in [-0.1, -0.05) is 19.8 Å². The Morgan fingerprint density at radius 2 is 1.81 bits per heavy atom. The molecule has 0 heterocycles. The maximum atomic E-state index is 12.0. The van der Waals surface area contributed by atoms with Crippen molar-refractivity contribution in [3.05, 3.63) is 11.0 Å². The second-order valence-electron chi connectivity index (χ2n) is 3.19. The normalized spacial score (nSPS) is 10.8. The zero-order valence-corrected chi connectivity index (χ0v) is 8.73. The van der Waals surface area contributed by atoms with Crippen LogP contribution in [0.2, 0.25) is 0 Å². The molecule has 90 valence electrons. The molecule has 0 aliphatic rings. The number of allylic oxidation sites excluding steroid dienone is 1. The van der Waals surface area contributed by atoms with Crippen molar-refractivity contribution in [3.8, 4) is 0 Å². The second-order valence-corrected chi connectivity index (χ2v) is 3.19. The van der Waals surface area contributed by atoms with Gasteiger partial charge in [-0.3, -0.25) is 15.5 Å². The van der Waals surface area contributed by atoms with Crippen LogP contribution in [0, 0.1) is 0 Å². The predicted octanol–water partition coefficient (Wildman–Crippen LogP) is 2.43. The van der Waals surface area contributed by atoms with Crippen LogP contribution in [0.3, 0.4) is 0 Å². The number of hydrogen-bond acceptors (Lipinski definition) is 2. The van der Waals surface area contributed by atoms with Crippen LogP contribution in [0.5, 0.6) is 0 Å². The average molecular weight is 234 g/mol. The van der Waals surface area contributed by atoms with Crippen molar-refractivity contribution in [2.24, 2.45) is 0 Å². The lowest BCUT2D eigenvalue weighted by Crippen LogP contribution is -2.28. The lowest BCUT2D eigenvalue weighted by atomic mass is 10.0. The van der Waals surface area contributed by atoms with Gasteiger partial charge < -0.3 is 5.41 Å². The predicted molar refractivity (Wildman–Crippen MR) is 52.1 cm³/mol. The summed E-state index contributed by atoms with van der Waals surface area (Å²) in [5, 5.41) is 8.36. The molecule has 0 amide bonds. The van der Waals surface area contributed by atoms with Crippen LogP contribution in [0.25, 0.3) is 5.41 Å². The van der Waals surface area contributed by atoms with Gasteiger partial charge in [0, 0.05) is 6.42 Å². The number of rotatable bonds is 6. The third kappa shape index (κ3) is 4.40. The molecule has 0 rings (SSSR count). The molecular formula is C10H11F3NO2-. The third-order valence-corrected chi connectivity index (χ3v) is 1.88. The van der Waals surface area contributed by atoms with Crippen molar-refractivity contribution in [3.63, 3.8) is 0 Å². The number of nitrogens with zero attached hydrogens (tertiary/aromatic N) is 1. The third-order valence-electron chi connectivity index (χ3n) is 1.88. The summed E-state index contributed by atoms with van der Waals surface area (Å²) >= 11 is 0. The van der Waals surface area contributed by atoms with Crippen molar-refractivity contribution in [1.82, 2.24) is 0 Å². The number of alkyl halides is 3. The first-order valence-corrected chi connectivity index (χ1v) is 4.76. The monoisotopic (exact) mass is 234 g/mol. The largest absolute Gasteiger partial charge is 0.763 e. The quantitative estimate of drug-likeness (QED) is 0.233. The molecule has 0 spiro atoms. The van der Waals surface area contributed by atoms with Gasteiger partial charge in [0.25, 0.3) is 5.78 Å². The van der Waals surface area contributed by atoms with Crippen molar-refractivity contribution < 1.29 is 22.8 Å². The number of Topliss-reactive ketones (excluding diaryl/α,β-unsaturated/α-hetero) is 2. The molecule has 0 aromatic heterocycles. The highest BCUT2D eigenvalue weighted by atomic mass is 19.4. The van der Waals surface area contributed by atoms with Gasteiger partial charge in [0.15, 0.2) is 5.78 Å². The van der Waals surface area contributed by atoms with E-state index in [1.54, 1.807) is 0 Å². The Labute approximate surface area is 90.8 Å². The molecule has 0 aromatic carbocycles. The first-order valence-electron chi connectivity index (χ1n) is 4.76. The van der Waals surface area contributed by atoms with Gasteiger partial charge in [0.2, 0.25) is 0 Å². The summed E-state index contributed by atoms with van der Waals surface area (Å²) in [5.74, 6) is -2.35. The lowest BCUT2D eigenvalue weighted by molar-refractivity contribution is -0.166. The number of halogens is 3. The Balaban J connectivity index is 4.59. The molecule has 0 saturated carbocycles. The van der Waals surface area contributed by atoms with E-state index in [0.717, 1.165) is 12.3 Å². The molecule has 0 aliphatic carbocycles. The number of hydrogen-bond donors (Lipinski definition) is 0. The molecule has 0 N–H and O–H groups in total. The SMILES string of the molecule is CCCCCC(=O)C(=C=[N-])C(=O)C(F)(F)F. The maximum Gasteiger partial charge on any atom is 0.455 e. The smallest absolute Gasteiger partial charge is 0.455 e. The summed E-state index contributed by atoms with van der Waals surface area (Å²) in [7, 11) is 0. The highest BCUT2D eigenvalue weighted by Crippen LogP contribution is 2.21. The molecule has 0 fully saturated rings. The highest BCUT2D eigenvalue weighted by molar-refractivity contribution is 6.27. The number of ketones is 2. The fourth-order valence-electron chi connectivity index (χ4n) is 1.04. The molecule has 0 aliphatic heterocycles. The maximum absolute atomic E-state index is 12.0. The number of carbonyl (C=O) groups excluding carboxylic acids is 2. The summed E-state index contributed by atoms with van der Waals surface area (Å²) in [6, 6.07) is 0. The van der Waals surface area contributed by atoms with Crippen molar-refractivity contribution in [1.29, 1.82) is 0 Å². The Bertz CT molecular complexity index is 327. The highest BCUT2D eigenvalue weighted by Gasteiger charge is 2.42. The summed E-state index contributed by atoms with van der Waals surface area (Å²) in [5.41, 5.74) is -1.32. The van der Waals surface area contributed by atoms with Crippen LogP contribution in [0.4, 0.5) is 13.2 Å². The van der Waals surface area contributed by atoms with Crippen molar-refractivity contribution >= 4 is 17.4 Å². The number of unbranched alkanes of at least 4 members (excludes halogenated alkanes) is 2. The summed E-state index contributed by atoms with van der Waals surface area (Å²) in [6.45, 7) is 1.86. The van der Waals surface area contributed by atoms with E-state index in [1.807, 2.05) is 6.92 Å². The topological polar surface area (TPSA) is 56.4 Å². The van der Waals surface area contributed by atoms with Crippen LogP contribution in [0.1, 0.15) is 32.6 Å². The molecule has 0 atom stereocenters. The van der Waals surface area contributed by atoms with Crippen LogP contribution in [0.15, 0.2) is 5.57 Å². The fourth-order valence-corrected chi connectivity index (χ4v) is 1.04. The van der Waals surface area contributed by atoms with E-state index in [1.165, 1.54) is 0 Å². The minimum absolute atomic E-state index is 0.196. The molecule has 16 heavy (non-hydrogen) atoms. The van der Waals surface area contributed by atoms with E-state index in [4.69, 9.17) is 5.41 Å². The van der Waals surface area contributed by atoms with E-state index < -0.39 is 23.3 Å². The lowest BCUT2D eigenvalue weighted by Gasteiger charge is -2.07. The average Bonchev–Trinajstić information content (AvgIpc) is 2.17. The van der Waals surface area contributed by atoms with Crippen LogP contribution >= 0.6 is 0 Å². The van der Waals surface area contributed by atoms with Gasteiger partial charge >= 0.3 is 6.18 Å². The van der Waals surface area contributed by atoms with Crippen molar-refractivity contribution in [2.75, 3.05) is 0 Å². The standard InChI is InChI=1S/C10H11F3NO2/c1-2-3-4-5-8(15)7(6-14)9(16)10(11,12)13/h2-5H2,1H3/q-1. The molecule has 0 aromatic rings. The molecule has 0 unspecified atom stereocenters. The van der Waals surface area contributed by atoms with Crippen LogP contribution in [-0.2, 0) is 9.59 Å². The minimum Gasteiger partial charge on any atom is -0.763 e. The van der Waals surface area contributed by atoms with Gasteiger partial charge in [-0.25, -0.2) is 0 Å². The Hall–Kier alpha value is -1.42. The summed E-state index contributed by atoms with van der Waals surface area (Å²) < 4.78 is 35.9. The van der Waals surface area contributed by atoms with Gasteiger partial charge in [0.1, 0.15) is 0 Å².